The lowest BCUT2D eigenvalue weighted by molar-refractivity contribution is 0.0949. The first-order chi connectivity index (χ1) is 11.5. The van der Waals surface area contributed by atoms with Crippen molar-refractivity contribution in [1.29, 1.82) is 0 Å². The van der Waals surface area contributed by atoms with E-state index >= 15 is 0 Å². The van der Waals surface area contributed by atoms with Crippen LogP contribution in [-0.4, -0.2) is 36.2 Å². The molecule has 1 aliphatic heterocycles. The van der Waals surface area contributed by atoms with Crippen LogP contribution in [0.3, 0.4) is 0 Å². The normalized spacial score (nSPS) is 20.1. The fraction of sp³-hybridized carbons (Fsp3) is 0.333. The monoisotopic (exact) mass is 331 g/mol. The molecule has 1 fully saturated rings. The van der Waals surface area contributed by atoms with Gasteiger partial charge < -0.3 is 10.6 Å². The van der Waals surface area contributed by atoms with Gasteiger partial charge in [0.15, 0.2) is 0 Å². The van der Waals surface area contributed by atoms with Crippen molar-refractivity contribution in [3.05, 3.63) is 53.5 Å². The maximum absolute atomic E-state index is 13.1. The van der Waals surface area contributed by atoms with Gasteiger partial charge >= 0.3 is 0 Å². The number of alkyl halides is 1. The summed E-state index contributed by atoms with van der Waals surface area (Å²) in [6.45, 7) is 2.49. The van der Waals surface area contributed by atoms with Gasteiger partial charge in [0.1, 0.15) is 12.0 Å². The highest BCUT2D eigenvalue weighted by Gasteiger charge is 2.24. The first kappa shape index (κ1) is 16.5. The van der Waals surface area contributed by atoms with E-state index in [1.807, 2.05) is 0 Å². The van der Waals surface area contributed by atoms with Gasteiger partial charge in [0.05, 0.1) is 17.0 Å². The van der Waals surface area contributed by atoms with Gasteiger partial charge in [0, 0.05) is 24.7 Å². The van der Waals surface area contributed by atoms with E-state index in [9.17, 15) is 13.6 Å². The lowest BCUT2D eigenvalue weighted by Gasteiger charge is -2.12. The molecule has 24 heavy (non-hydrogen) atoms. The number of pyridine rings is 1. The summed E-state index contributed by atoms with van der Waals surface area (Å²) >= 11 is 0. The number of benzene rings is 1. The molecule has 0 aliphatic carbocycles. The Labute approximate surface area is 139 Å². The molecule has 1 aromatic heterocycles. The Kier molecular flexibility index (Phi) is 4.85. The summed E-state index contributed by atoms with van der Waals surface area (Å²) in [5.41, 5.74) is 2.55. The molecule has 1 saturated heterocycles. The molecule has 3 rings (SSSR count). The van der Waals surface area contributed by atoms with Crippen LogP contribution in [0.2, 0.25) is 0 Å². The van der Waals surface area contributed by atoms with Crippen LogP contribution in [0.25, 0.3) is 11.3 Å². The van der Waals surface area contributed by atoms with Crippen molar-refractivity contribution in [1.82, 2.24) is 15.6 Å². The van der Waals surface area contributed by atoms with Gasteiger partial charge in [0.25, 0.3) is 5.91 Å². The van der Waals surface area contributed by atoms with E-state index in [1.54, 1.807) is 31.2 Å². The summed E-state index contributed by atoms with van der Waals surface area (Å²) in [4.78, 5) is 16.7. The molecule has 2 aromatic rings. The van der Waals surface area contributed by atoms with Gasteiger partial charge in [-0.25, -0.2) is 8.78 Å². The third-order valence-electron chi connectivity index (χ3n) is 4.15. The van der Waals surface area contributed by atoms with Crippen LogP contribution in [-0.2, 0) is 0 Å². The van der Waals surface area contributed by atoms with Crippen LogP contribution in [0.1, 0.15) is 22.5 Å². The Morgan fingerprint density at radius 1 is 1.29 bits per heavy atom. The van der Waals surface area contributed by atoms with Crippen molar-refractivity contribution in [2.45, 2.75) is 25.6 Å². The summed E-state index contributed by atoms with van der Waals surface area (Å²) in [6.07, 6.45) is -0.425. The molecule has 1 amide bonds. The Morgan fingerprint density at radius 3 is 2.67 bits per heavy atom. The van der Waals surface area contributed by atoms with Gasteiger partial charge in [-0.2, -0.15) is 0 Å². The molecule has 4 nitrogen and oxygen atoms in total. The van der Waals surface area contributed by atoms with E-state index in [0.717, 1.165) is 5.56 Å². The van der Waals surface area contributed by atoms with E-state index in [4.69, 9.17) is 0 Å². The number of amides is 1. The quantitative estimate of drug-likeness (QED) is 0.905. The summed E-state index contributed by atoms with van der Waals surface area (Å²) in [6, 6.07) is 9.46. The Hall–Kier alpha value is -2.34. The van der Waals surface area contributed by atoms with Crippen molar-refractivity contribution in [3.8, 4) is 11.3 Å². The molecular formula is C18H19F2N3O. The predicted octanol–water partition coefficient (Wildman–Crippen LogP) is 2.63. The molecule has 2 atom stereocenters. The van der Waals surface area contributed by atoms with Gasteiger partial charge in [0.2, 0.25) is 0 Å². The fourth-order valence-electron chi connectivity index (χ4n) is 2.82. The number of carbonyl (C=O) groups excluding carboxylic acids is 1. The summed E-state index contributed by atoms with van der Waals surface area (Å²) < 4.78 is 26.1. The van der Waals surface area contributed by atoms with Crippen LogP contribution in [0.5, 0.6) is 0 Å². The standard InChI is InChI=1S/C18H19F2N3O/c1-11-16(18(24)22-10-15-8-14(20)9-21-15)6-7-17(23-11)12-2-4-13(19)5-3-12/h2-7,14-15,21H,8-10H2,1H3,(H,22,24)/t14-,15-/m0/s1. The SMILES string of the molecule is Cc1nc(-c2ccc(F)cc2)ccc1C(=O)NC[C@@H]1C[C@H](F)CN1. The summed E-state index contributed by atoms with van der Waals surface area (Å²) in [5, 5.41) is 5.84. The molecule has 0 unspecified atom stereocenters. The van der Waals surface area contributed by atoms with Crippen LogP contribution < -0.4 is 10.6 Å². The molecule has 0 spiro atoms. The number of carbonyl (C=O) groups is 1. The van der Waals surface area contributed by atoms with Gasteiger partial charge in [-0.1, -0.05) is 0 Å². The lowest BCUT2D eigenvalue weighted by Crippen LogP contribution is -2.37. The summed E-state index contributed by atoms with van der Waals surface area (Å²) in [5.74, 6) is -0.530. The first-order valence-electron chi connectivity index (χ1n) is 7.92. The van der Waals surface area contributed by atoms with Gasteiger partial charge in [-0.05, 0) is 49.7 Å². The van der Waals surface area contributed by atoms with Crippen molar-refractivity contribution < 1.29 is 13.6 Å². The number of aromatic nitrogens is 1. The molecular weight excluding hydrogens is 312 g/mol. The third-order valence-corrected chi connectivity index (χ3v) is 4.15. The molecule has 1 aromatic carbocycles. The van der Waals surface area contributed by atoms with Crippen molar-refractivity contribution in [2.75, 3.05) is 13.1 Å². The average molecular weight is 331 g/mol. The fourth-order valence-corrected chi connectivity index (χ4v) is 2.82. The highest BCUT2D eigenvalue weighted by molar-refractivity contribution is 5.95. The molecule has 0 radical (unpaired) electrons. The highest BCUT2D eigenvalue weighted by Crippen LogP contribution is 2.19. The lowest BCUT2D eigenvalue weighted by atomic mass is 10.1. The van der Waals surface area contributed by atoms with Gasteiger partial charge in [-0.3, -0.25) is 9.78 Å². The number of nitrogens with one attached hydrogen (secondary N) is 2. The highest BCUT2D eigenvalue weighted by atomic mass is 19.1. The number of aryl methyl sites for hydroxylation is 1. The smallest absolute Gasteiger partial charge is 0.253 e. The molecule has 2 heterocycles. The predicted molar refractivity (Wildman–Crippen MR) is 88.0 cm³/mol. The third kappa shape index (κ3) is 3.76. The first-order valence-corrected chi connectivity index (χ1v) is 7.92. The second-order valence-corrected chi connectivity index (χ2v) is 5.98. The van der Waals surface area contributed by atoms with E-state index < -0.39 is 6.17 Å². The van der Waals surface area contributed by atoms with E-state index in [1.165, 1.54) is 12.1 Å². The maximum atomic E-state index is 13.1. The average Bonchev–Trinajstić information content (AvgIpc) is 2.99. The van der Waals surface area contributed by atoms with Crippen LogP contribution in [0.4, 0.5) is 8.78 Å². The van der Waals surface area contributed by atoms with Gasteiger partial charge in [-0.15, -0.1) is 0 Å². The number of nitrogens with zero attached hydrogens (tertiary/aromatic N) is 1. The molecule has 0 saturated carbocycles. The number of rotatable bonds is 4. The maximum Gasteiger partial charge on any atom is 0.253 e. The molecule has 0 bridgehead atoms. The Bertz CT molecular complexity index is 734. The minimum Gasteiger partial charge on any atom is -0.350 e. The number of hydrogen-bond donors (Lipinski definition) is 2. The zero-order valence-electron chi connectivity index (χ0n) is 13.4. The van der Waals surface area contributed by atoms with E-state index in [-0.39, 0.29) is 17.8 Å². The number of hydrogen-bond acceptors (Lipinski definition) is 3. The second kappa shape index (κ2) is 7.05. The van der Waals surface area contributed by atoms with Crippen molar-refractivity contribution >= 4 is 5.91 Å². The van der Waals surface area contributed by atoms with Crippen LogP contribution in [0.15, 0.2) is 36.4 Å². The van der Waals surface area contributed by atoms with Crippen molar-refractivity contribution in [3.63, 3.8) is 0 Å². The largest absolute Gasteiger partial charge is 0.350 e. The summed E-state index contributed by atoms with van der Waals surface area (Å²) in [7, 11) is 0. The minimum absolute atomic E-state index is 0.0318. The molecule has 1 aliphatic rings. The van der Waals surface area contributed by atoms with Crippen molar-refractivity contribution in [2.24, 2.45) is 0 Å². The molecule has 126 valence electrons. The molecule has 2 N–H and O–H groups in total. The molecule has 6 heteroatoms. The van der Waals surface area contributed by atoms with E-state index in [0.29, 0.717) is 36.5 Å². The zero-order valence-corrected chi connectivity index (χ0v) is 13.4. The number of halogens is 2. The van der Waals surface area contributed by atoms with Crippen LogP contribution in [0, 0.1) is 12.7 Å². The van der Waals surface area contributed by atoms with E-state index in [2.05, 4.69) is 15.6 Å². The minimum atomic E-state index is -0.842. The topological polar surface area (TPSA) is 54.0 Å². The zero-order chi connectivity index (χ0) is 17.1. The Morgan fingerprint density at radius 2 is 2.04 bits per heavy atom. The van der Waals surface area contributed by atoms with Crippen LogP contribution >= 0.6 is 0 Å². The Balaban J connectivity index is 1.67. The second-order valence-electron chi connectivity index (χ2n) is 5.98.